The molecule has 3 saturated heterocycles. The van der Waals surface area contributed by atoms with Gasteiger partial charge in [0.05, 0.1) is 54.5 Å². The van der Waals surface area contributed by atoms with Crippen molar-refractivity contribution in [1.82, 2.24) is 39.8 Å². The third-order valence-electron chi connectivity index (χ3n) is 11.9. The van der Waals surface area contributed by atoms with Crippen molar-refractivity contribution in [3.63, 3.8) is 0 Å². The smallest absolute Gasteiger partial charge is 0.237 e. The van der Waals surface area contributed by atoms with Crippen molar-refractivity contribution in [3.05, 3.63) is 71.4 Å². The minimum atomic E-state index is -0.277. The molecular weight excluding hydrogens is 713 g/mol. The standard InChI is InChI=1S/C40H48N12O4/c1-26-34(22-42-39-37(26)41-11-19-56-39)51-12-8-28-20-43-40(46-33(28)24-51)45-29-21-44-52(23-29)31-9-13-50(14-10-31)36(54)25-48-15-17-49(18-16-48)30-4-2-27(3-5-30)32-6-7-35(53)47-38(32)55/h2-5,20-23,31-32,41H,6-19,24-25H2,1H3,(H,43,45,46)(H,47,53,55). The van der Waals surface area contributed by atoms with Crippen LogP contribution in [0.25, 0.3) is 0 Å². The third-order valence-corrected chi connectivity index (χ3v) is 11.9. The van der Waals surface area contributed by atoms with E-state index in [0.717, 1.165) is 104 Å². The van der Waals surface area contributed by atoms with Gasteiger partial charge in [-0.25, -0.2) is 15.0 Å². The van der Waals surface area contributed by atoms with Gasteiger partial charge in [-0.3, -0.25) is 29.3 Å². The van der Waals surface area contributed by atoms with Gasteiger partial charge in [0.2, 0.25) is 29.5 Å². The number of anilines is 5. The number of imide groups is 1. The molecular formula is C40H48N12O4. The van der Waals surface area contributed by atoms with E-state index in [4.69, 9.17) is 9.72 Å². The summed E-state index contributed by atoms with van der Waals surface area (Å²) in [6.07, 6.45) is 11.1. The number of hydrogen-bond donors (Lipinski definition) is 3. The molecule has 1 unspecified atom stereocenters. The molecule has 0 aliphatic carbocycles. The summed E-state index contributed by atoms with van der Waals surface area (Å²) in [6.45, 7) is 10.2. The highest BCUT2D eigenvalue weighted by atomic mass is 16.5. The Morgan fingerprint density at radius 3 is 2.55 bits per heavy atom. The monoisotopic (exact) mass is 760 g/mol. The van der Waals surface area contributed by atoms with Gasteiger partial charge in [0.1, 0.15) is 12.3 Å². The molecule has 4 aromatic rings. The van der Waals surface area contributed by atoms with E-state index in [9.17, 15) is 14.4 Å². The van der Waals surface area contributed by atoms with E-state index in [1.165, 1.54) is 0 Å². The summed E-state index contributed by atoms with van der Waals surface area (Å²) in [7, 11) is 0. The van der Waals surface area contributed by atoms with Crippen LogP contribution in [-0.4, -0.2) is 118 Å². The summed E-state index contributed by atoms with van der Waals surface area (Å²) in [5.74, 6) is 0.706. The van der Waals surface area contributed by atoms with Crippen molar-refractivity contribution in [2.24, 2.45) is 0 Å². The molecule has 0 bridgehead atoms. The maximum absolute atomic E-state index is 13.3. The Hall–Kier alpha value is -5.77. The molecule has 3 fully saturated rings. The average Bonchev–Trinajstić information content (AvgIpc) is 3.70. The second-order valence-corrected chi connectivity index (χ2v) is 15.4. The number of nitrogens with zero attached hydrogens (tertiary/aromatic N) is 9. The molecule has 3 amide bonds. The van der Waals surface area contributed by atoms with Crippen molar-refractivity contribution in [3.8, 4) is 5.88 Å². The van der Waals surface area contributed by atoms with Crippen LogP contribution in [0.15, 0.2) is 49.1 Å². The van der Waals surface area contributed by atoms with E-state index >= 15 is 0 Å². The van der Waals surface area contributed by atoms with Crippen molar-refractivity contribution < 1.29 is 19.1 Å². The molecule has 3 aromatic heterocycles. The fourth-order valence-electron chi connectivity index (χ4n) is 8.59. The van der Waals surface area contributed by atoms with E-state index in [1.807, 2.05) is 46.5 Å². The molecule has 0 saturated carbocycles. The van der Waals surface area contributed by atoms with Crippen LogP contribution in [0, 0.1) is 6.92 Å². The zero-order chi connectivity index (χ0) is 38.2. The van der Waals surface area contributed by atoms with Crippen LogP contribution in [0.3, 0.4) is 0 Å². The third kappa shape index (κ3) is 7.44. The summed E-state index contributed by atoms with van der Waals surface area (Å²) < 4.78 is 7.73. The summed E-state index contributed by atoms with van der Waals surface area (Å²) in [4.78, 5) is 60.1. The lowest BCUT2D eigenvalue weighted by Crippen LogP contribution is -2.51. The molecule has 0 spiro atoms. The number of carbonyl (C=O) groups excluding carboxylic acids is 3. The average molecular weight is 761 g/mol. The topological polar surface area (TPSA) is 166 Å². The van der Waals surface area contributed by atoms with E-state index in [2.05, 4.69) is 64.8 Å². The molecule has 9 rings (SSSR count). The van der Waals surface area contributed by atoms with Crippen molar-refractivity contribution >= 4 is 46.4 Å². The number of likely N-dealkylation sites (tertiary alicyclic amines) is 1. The molecule has 1 aromatic carbocycles. The number of carbonyl (C=O) groups is 3. The number of fused-ring (bicyclic) bond motifs is 2. The number of ether oxygens (including phenoxy) is 1. The lowest BCUT2D eigenvalue weighted by atomic mass is 9.90. The fraction of sp³-hybridized carbons (Fsp3) is 0.475. The molecule has 16 heteroatoms. The van der Waals surface area contributed by atoms with Crippen molar-refractivity contribution in [1.29, 1.82) is 0 Å². The summed E-state index contributed by atoms with van der Waals surface area (Å²) in [6, 6.07) is 8.32. The molecule has 3 N–H and O–H groups in total. The van der Waals surface area contributed by atoms with E-state index in [-0.39, 0.29) is 29.7 Å². The summed E-state index contributed by atoms with van der Waals surface area (Å²) >= 11 is 0. The van der Waals surface area contributed by atoms with Crippen LogP contribution >= 0.6 is 0 Å². The number of nitrogens with one attached hydrogen (secondary N) is 3. The van der Waals surface area contributed by atoms with Crippen LogP contribution in [0.1, 0.15) is 60.0 Å². The van der Waals surface area contributed by atoms with Gasteiger partial charge in [-0.1, -0.05) is 12.1 Å². The van der Waals surface area contributed by atoms with Gasteiger partial charge in [-0.15, -0.1) is 0 Å². The number of amides is 3. The Labute approximate surface area is 325 Å². The number of aromatic nitrogens is 5. The van der Waals surface area contributed by atoms with Gasteiger partial charge in [0, 0.05) is 82.4 Å². The minimum Gasteiger partial charge on any atom is -0.474 e. The van der Waals surface area contributed by atoms with E-state index in [1.54, 1.807) is 0 Å². The molecule has 5 aliphatic rings. The lowest BCUT2D eigenvalue weighted by molar-refractivity contribution is -0.135. The highest BCUT2D eigenvalue weighted by Crippen LogP contribution is 2.36. The predicted octanol–water partition coefficient (Wildman–Crippen LogP) is 2.99. The Bertz CT molecular complexity index is 2110. The van der Waals surface area contributed by atoms with E-state index < -0.39 is 0 Å². The normalized spacial score (nSPS) is 20.4. The van der Waals surface area contributed by atoms with Gasteiger partial charge in [0.15, 0.2) is 0 Å². The number of pyridine rings is 1. The van der Waals surface area contributed by atoms with E-state index in [0.29, 0.717) is 57.5 Å². The van der Waals surface area contributed by atoms with Gasteiger partial charge < -0.3 is 30.1 Å². The number of piperidine rings is 2. The number of benzene rings is 1. The first kappa shape index (κ1) is 35.9. The van der Waals surface area contributed by atoms with Crippen molar-refractivity contribution in [2.45, 2.75) is 57.5 Å². The highest BCUT2D eigenvalue weighted by molar-refractivity contribution is 6.01. The molecule has 16 nitrogen and oxygen atoms in total. The number of piperazine rings is 1. The fourth-order valence-corrected chi connectivity index (χ4v) is 8.59. The Balaban J connectivity index is 0.733. The first-order valence-electron chi connectivity index (χ1n) is 19.8. The predicted molar refractivity (Wildman–Crippen MR) is 210 cm³/mol. The Kier molecular flexibility index (Phi) is 9.87. The maximum Gasteiger partial charge on any atom is 0.237 e. The second-order valence-electron chi connectivity index (χ2n) is 15.4. The van der Waals surface area contributed by atoms with Crippen LogP contribution in [0.4, 0.5) is 28.7 Å². The maximum atomic E-state index is 13.3. The van der Waals surface area contributed by atoms with Gasteiger partial charge in [-0.05, 0) is 55.9 Å². The molecule has 5 aliphatic heterocycles. The zero-order valence-corrected chi connectivity index (χ0v) is 31.7. The number of rotatable bonds is 8. The van der Waals surface area contributed by atoms with Gasteiger partial charge >= 0.3 is 0 Å². The quantitative estimate of drug-likeness (QED) is 0.225. The molecule has 0 radical (unpaired) electrons. The Morgan fingerprint density at radius 1 is 0.929 bits per heavy atom. The first-order chi connectivity index (χ1) is 27.3. The summed E-state index contributed by atoms with van der Waals surface area (Å²) in [5.41, 5.74) is 8.23. The Morgan fingerprint density at radius 2 is 1.75 bits per heavy atom. The van der Waals surface area contributed by atoms with Crippen LogP contribution < -0.4 is 30.5 Å². The molecule has 56 heavy (non-hydrogen) atoms. The van der Waals surface area contributed by atoms with Crippen molar-refractivity contribution in [2.75, 3.05) is 85.9 Å². The second kappa shape index (κ2) is 15.4. The van der Waals surface area contributed by atoms with Gasteiger partial charge in [0.25, 0.3) is 0 Å². The van der Waals surface area contributed by atoms with Crippen LogP contribution in [0.2, 0.25) is 0 Å². The highest BCUT2D eigenvalue weighted by Gasteiger charge is 2.30. The zero-order valence-electron chi connectivity index (χ0n) is 31.7. The molecule has 1 atom stereocenters. The SMILES string of the molecule is Cc1c(N2CCc3cnc(Nc4cnn(C5CCN(C(=O)CN6CCN(c7ccc(C8CCC(=O)NC8=O)cc7)CC6)CC5)c4)nc3C2)cnc2c1NCCO2. The molecule has 292 valence electrons. The largest absolute Gasteiger partial charge is 0.474 e. The van der Waals surface area contributed by atoms with Crippen LogP contribution in [0.5, 0.6) is 5.88 Å². The summed E-state index contributed by atoms with van der Waals surface area (Å²) in [5, 5.41) is 13.9. The number of hydrogen-bond acceptors (Lipinski definition) is 13. The van der Waals surface area contributed by atoms with Gasteiger partial charge in [-0.2, -0.15) is 5.10 Å². The molecule has 8 heterocycles. The first-order valence-corrected chi connectivity index (χ1v) is 19.8. The minimum absolute atomic E-state index is 0.181. The van der Waals surface area contributed by atoms with Crippen LogP contribution in [-0.2, 0) is 27.3 Å². The lowest BCUT2D eigenvalue weighted by Gasteiger charge is -2.38.